The second-order valence-electron chi connectivity index (χ2n) is 13.4. The predicted octanol–water partition coefficient (Wildman–Crippen LogP) is 13.3. The van der Waals surface area contributed by atoms with Gasteiger partial charge in [-0.05, 0) is 97.0 Å². The first-order valence-electron chi connectivity index (χ1n) is 16.3. The second-order valence-corrected chi connectivity index (χ2v) is 14.5. The quantitative estimate of drug-likeness (QED) is 0.178. The van der Waals surface area contributed by atoms with Gasteiger partial charge in [-0.3, -0.25) is 0 Å². The SMILES string of the molecule is CC1(C)c2ccccc2-c2cc(N(c3ccc4c(ccc5c6ccccc6ccc45)c3)c3ccc4c(c3)sc3ccccc34)ccc21. The van der Waals surface area contributed by atoms with Gasteiger partial charge in [0.1, 0.15) is 0 Å². The van der Waals surface area contributed by atoms with E-state index in [4.69, 9.17) is 0 Å². The van der Waals surface area contributed by atoms with Gasteiger partial charge in [0, 0.05) is 42.6 Å². The summed E-state index contributed by atoms with van der Waals surface area (Å²) in [5.41, 5.74) is 8.92. The fraction of sp³-hybridized carbons (Fsp3) is 0.0667. The van der Waals surface area contributed by atoms with Crippen LogP contribution < -0.4 is 4.90 Å². The first-order chi connectivity index (χ1) is 23.0. The van der Waals surface area contributed by atoms with Crippen LogP contribution in [0.1, 0.15) is 25.0 Å². The minimum Gasteiger partial charge on any atom is -0.310 e. The van der Waals surface area contributed by atoms with E-state index in [0.717, 1.165) is 5.69 Å². The average molecular weight is 618 g/mol. The van der Waals surface area contributed by atoms with Crippen molar-refractivity contribution in [1.29, 1.82) is 0 Å². The Balaban J connectivity index is 1.20. The summed E-state index contributed by atoms with van der Waals surface area (Å²) in [7, 11) is 0. The second kappa shape index (κ2) is 9.78. The van der Waals surface area contributed by atoms with Gasteiger partial charge in [0.15, 0.2) is 0 Å². The molecule has 9 aromatic rings. The van der Waals surface area contributed by atoms with E-state index in [-0.39, 0.29) is 5.41 Å². The van der Waals surface area contributed by atoms with Gasteiger partial charge in [0.05, 0.1) is 0 Å². The van der Waals surface area contributed by atoms with Crippen molar-refractivity contribution in [2.75, 3.05) is 4.90 Å². The highest BCUT2D eigenvalue weighted by Crippen LogP contribution is 2.51. The summed E-state index contributed by atoms with van der Waals surface area (Å²) >= 11 is 1.87. The number of benzene rings is 8. The number of fused-ring (bicyclic) bond motifs is 11. The van der Waals surface area contributed by atoms with E-state index < -0.39 is 0 Å². The summed E-state index contributed by atoms with van der Waals surface area (Å²) < 4.78 is 2.63. The Labute approximate surface area is 278 Å². The molecule has 0 bridgehead atoms. The summed E-state index contributed by atoms with van der Waals surface area (Å²) in [6.45, 7) is 4.70. The predicted molar refractivity (Wildman–Crippen MR) is 204 cm³/mol. The van der Waals surface area contributed by atoms with Crippen molar-refractivity contribution in [3.63, 3.8) is 0 Å². The van der Waals surface area contributed by atoms with Crippen LogP contribution in [0.4, 0.5) is 17.1 Å². The molecule has 0 saturated heterocycles. The first kappa shape index (κ1) is 26.7. The molecule has 1 aliphatic rings. The van der Waals surface area contributed by atoms with Gasteiger partial charge in [-0.1, -0.05) is 123 Å². The number of thiophene rings is 1. The molecule has 0 radical (unpaired) electrons. The number of hydrogen-bond acceptors (Lipinski definition) is 2. The van der Waals surface area contributed by atoms with E-state index in [1.807, 2.05) is 11.3 Å². The van der Waals surface area contributed by atoms with Crippen molar-refractivity contribution in [3.05, 3.63) is 163 Å². The highest BCUT2D eigenvalue weighted by Gasteiger charge is 2.35. The highest BCUT2D eigenvalue weighted by atomic mass is 32.1. The fourth-order valence-corrected chi connectivity index (χ4v) is 9.24. The van der Waals surface area contributed by atoms with Crippen LogP contribution in [0.5, 0.6) is 0 Å². The van der Waals surface area contributed by atoms with Crippen LogP contribution in [-0.4, -0.2) is 0 Å². The van der Waals surface area contributed by atoms with E-state index in [0.29, 0.717) is 0 Å². The molecule has 47 heavy (non-hydrogen) atoms. The summed E-state index contributed by atoms with van der Waals surface area (Å²) in [5, 5.41) is 10.3. The lowest BCUT2D eigenvalue weighted by molar-refractivity contribution is 0.660. The number of rotatable bonds is 3. The Morgan fingerprint density at radius 3 is 1.85 bits per heavy atom. The molecular formula is C45H31NS. The molecule has 0 atom stereocenters. The molecule has 1 nitrogen and oxygen atoms in total. The normalized spacial score (nSPS) is 13.5. The number of hydrogen-bond donors (Lipinski definition) is 0. The Morgan fingerprint density at radius 1 is 0.404 bits per heavy atom. The van der Waals surface area contributed by atoms with Gasteiger partial charge in [-0.15, -0.1) is 11.3 Å². The molecule has 0 fully saturated rings. The van der Waals surface area contributed by atoms with E-state index in [1.54, 1.807) is 0 Å². The third kappa shape index (κ3) is 3.89. The molecule has 0 N–H and O–H groups in total. The largest absolute Gasteiger partial charge is 0.310 e. The molecule has 10 rings (SSSR count). The maximum atomic E-state index is 2.45. The lowest BCUT2D eigenvalue weighted by Gasteiger charge is -2.27. The minimum absolute atomic E-state index is 0.0283. The zero-order valence-electron chi connectivity index (χ0n) is 26.3. The van der Waals surface area contributed by atoms with Gasteiger partial charge in [0.25, 0.3) is 0 Å². The zero-order chi connectivity index (χ0) is 31.3. The molecule has 0 amide bonds. The summed E-state index contributed by atoms with van der Waals surface area (Å²) in [6.07, 6.45) is 0. The molecule has 2 heteroatoms. The molecule has 0 aliphatic heterocycles. The molecule has 222 valence electrons. The Hall–Kier alpha value is -5.44. The average Bonchev–Trinajstić information content (AvgIpc) is 3.59. The zero-order valence-corrected chi connectivity index (χ0v) is 27.1. The van der Waals surface area contributed by atoms with Crippen molar-refractivity contribution in [3.8, 4) is 11.1 Å². The van der Waals surface area contributed by atoms with Crippen LogP contribution in [-0.2, 0) is 5.41 Å². The van der Waals surface area contributed by atoms with E-state index in [1.165, 1.54) is 86.1 Å². The van der Waals surface area contributed by atoms with Crippen LogP contribution in [0.3, 0.4) is 0 Å². The number of anilines is 3. The third-order valence-corrected chi connectivity index (χ3v) is 11.6. The van der Waals surface area contributed by atoms with Crippen LogP contribution >= 0.6 is 11.3 Å². The van der Waals surface area contributed by atoms with E-state index >= 15 is 0 Å². The van der Waals surface area contributed by atoms with Crippen LogP contribution in [0, 0.1) is 0 Å². The van der Waals surface area contributed by atoms with Gasteiger partial charge in [0.2, 0.25) is 0 Å². The summed E-state index contributed by atoms with van der Waals surface area (Å²) in [6, 6.07) is 56.5. The minimum atomic E-state index is -0.0283. The molecule has 0 spiro atoms. The molecular weight excluding hydrogens is 587 g/mol. The molecule has 1 aliphatic carbocycles. The van der Waals surface area contributed by atoms with Crippen molar-refractivity contribution in [2.24, 2.45) is 0 Å². The molecule has 0 saturated carbocycles. The first-order valence-corrected chi connectivity index (χ1v) is 17.2. The van der Waals surface area contributed by atoms with Crippen molar-refractivity contribution in [2.45, 2.75) is 19.3 Å². The van der Waals surface area contributed by atoms with Crippen molar-refractivity contribution in [1.82, 2.24) is 0 Å². The van der Waals surface area contributed by atoms with Crippen molar-refractivity contribution < 1.29 is 0 Å². The Morgan fingerprint density at radius 2 is 0.979 bits per heavy atom. The van der Waals surface area contributed by atoms with Gasteiger partial charge in [-0.25, -0.2) is 0 Å². The van der Waals surface area contributed by atoms with Crippen LogP contribution in [0.2, 0.25) is 0 Å². The van der Waals surface area contributed by atoms with E-state index in [2.05, 4.69) is 170 Å². The lowest BCUT2D eigenvalue weighted by Crippen LogP contribution is -2.15. The molecule has 1 heterocycles. The molecule has 1 aromatic heterocycles. The van der Waals surface area contributed by atoms with Crippen molar-refractivity contribution >= 4 is 80.9 Å². The standard InChI is InChI=1S/C45H31NS/c1-45(2)41-13-7-5-11-37(41)40-26-31(19-24-42(40)45)46(32-18-23-39-38-12-6-8-14-43(38)47-44(39)27-32)30-17-22-34-29(25-30)16-21-35-33-10-4-3-9-28(33)15-20-36(34)35/h3-27H,1-2H3. The van der Waals surface area contributed by atoms with Crippen LogP contribution in [0.25, 0.3) is 63.6 Å². The third-order valence-electron chi connectivity index (χ3n) is 10.4. The smallest absolute Gasteiger partial charge is 0.0476 e. The fourth-order valence-electron chi connectivity index (χ4n) is 8.10. The topological polar surface area (TPSA) is 3.24 Å². The Bertz CT molecular complexity index is 2730. The summed E-state index contributed by atoms with van der Waals surface area (Å²) in [5.74, 6) is 0. The highest BCUT2D eigenvalue weighted by molar-refractivity contribution is 7.25. The summed E-state index contributed by atoms with van der Waals surface area (Å²) in [4.78, 5) is 2.45. The van der Waals surface area contributed by atoms with Gasteiger partial charge < -0.3 is 4.90 Å². The molecule has 8 aromatic carbocycles. The Kier molecular flexibility index (Phi) is 5.57. The van der Waals surface area contributed by atoms with Gasteiger partial charge in [-0.2, -0.15) is 0 Å². The van der Waals surface area contributed by atoms with E-state index in [9.17, 15) is 0 Å². The van der Waals surface area contributed by atoms with Crippen LogP contribution in [0.15, 0.2) is 152 Å². The lowest BCUT2D eigenvalue weighted by atomic mass is 9.82. The maximum Gasteiger partial charge on any atom is 0.0476 e. The maximum absolute atomic E-state index is 2.45. The van der Waals surface area contributed by atoms with Gasteiger partial charge >= 0.3 is 0 Å². The monoisotopic (exact) mass is 617 g/mol. The molecule has 0 unspecified atom stereocenters. The number of nitrogens with zero attached hydrogens (tertiary/aromatic N) is 1.